The molecule has 20 heavy (non-hydrogen) atoms. The molecule has 2 rings (SSSR count). The minimum atomic E-state index is 0.194. The summed E-state index contributed by atoms with van der Waals surface area (Å²) < 4.78 is 5.27. The first-order chi connectivity index (χ1) is 9.55. The normalized spacial score (nSPS) is 13.1. The zero-order valence-corrected chi connectivity index (χ0v) is 13.8. The highest BCUT2D eigenvalue weighted by molar-refractivity contribution is 7.18. The van der Waals surface area contributed by atoms with E-state index in [2.05, 4.69) is 42.1 Å². The molecule has 0 aliphatic heterocycles. The Hall–Kier alpha value is -0.910. The quantitative estimate of drug-likeness (QED) is 0.819. The number of fused-ring (bicyclic) bond motifs is 1. The number of ether oxygens (including phenoxy) is 1. The highest BCUT2D eigenvalue weighted by Gasteiger charge is 2.17. The van der Waals surface area contributed by atoms with Crippen LogP contribution in [0, 0.1) is 5.92 Å². The number of aromatic nitrogens is 2. The highest BCUT2D eigenvalue weighted by atomic mass is 35.5. The first-order valence-corrected chi connectivity index (χ1v) is 7.96. The third kappa shape index (κ3) is 3.40. The largest absolute Gasteiger partial charge is 0.383 e. The summed E-state index contributed by atoms with van der Waals surface area (Å²) in [6, 6.07) is 2.34. The fourth-order valence-corrected chi connectivity index (χ4v) is 3.17. The fraction of sp³-hybridized carbons (Fsp3) is 0.571. The van der Waals surface area contributed by atoms with Gasteiger partial charge in [-0.3, -0.25) is 0 Å². The number of nitrogens with one attached hydrogen (secondary N) is 1. The molecule has 2 aromatic rings. The molecule has 0 bridgehead atoms. The minimum absolute atomic E-state index is 0.194. The van der Waals surface area contributed by atoms with Gasteiger partial charge in [0.15, 0.2) is 0 Å². The fourth-order valence-electron chi connectivity index (χ4n) is 1.99. The molecule has 0 amide bonds. The maximum absolute atomic E-state index is 6.03. The van der Waals surface area contributed by atoms with Crippen molar-refractivity contribution in [2.75, 3.05) is 19.0 Å². The Morgan fingerprint density at radius 1 is 1.40 bits per heavy atom. The van der Waals surface area contributed by atoms with Crippen LogP contribution < -0.4 is 5.32 Å². The summed E-state index contributed by atoms with van der Waals surface area (Å²) in [5.74, 6) is 1.23. The van der Waals surface area contributed by atoms with Gasteiger partial charge >= 0.3 is 0 Å². The second kappa shape index (κ2) is 6.70. The monoisotopic (exact) mass is 313 g/mol. The van der Waals surface area contributed by atoms with Gasteiger partial charge in [0.05, 0.1) is 18.0 Å². The summed E-state index contributed by atoms with van der Waals surface area (Å²) in [6.45, 7) is 7.07. The molecule has 4 nitrogen and oxygen atoms in total. The number of nitrogens with zero attached hydrogens (tertiary/aromatic N) is 2. The first kappa shape index (κ1) is 15.5. The molecule has 0 radical (unpaired) electrons. The maximum Gasteiger partial charge on any atom is 0.225 e. The van der Waals surface area contributed by atoms with Crippen molar-refractivity contribution in [3.05, 3.63) is 16.2 Å². The molecule has 0 fully saturated rings. The van der Waals surface area contributed by atoms with Crippen LogP contribution >= 0.6 is 22.9 Å². The van der Waals surface area contributed by atoms with Crippen LogP contribution in [0.1, 0.15) is 25.6 Å². The van der Waals surface area contributed by atoms with E-state index in [1.54, 1.807) is 18.4 Å². The topological polar surface area (TPSA) is 47.0 Å². The number of aryl methyl sites for hydroxylation is 1. The van der Waals surface area contributed by atoms with Crippen LogP contribution in [0.15, 0.2) is 6.07 Å². The Morgan fingerprint density at radius 3 is 2.75 bits per heavy atom. The van der Waals surface area contributed by atoms with Crippen LogP contribution in [0.2, 0.25) is 5.28 Å². The summed E-state index contributed by atoms with van der Waals surface area (Å²) in [6.07, 6.45) is 0.990. The van der Waals surface area contributed by atoms with E-state index in [1.807, 2.05) is 0 Å². The lowest BCUT2D eigenvalue weighted by atomic mass is 10.1. The lowest BCUT2D eigenvalue weighted by molar-refractivity contribution is 0.171. The number of rotatable bonds is 6. The van der Waals surface area contributed by atoms with Gasteiger partial charge in [0.25, 0.3) is 0 Å². The van der Waals surface area contributed by atoms with E-state index < -0.39 is 0 Å². The first-order valence-electron chi connectivity index (χ1n) is 6.76. The van der Waals surface area contributed by atoms with Gasteiger partial charge in [-0.25, -0.2) is 9.97 Å². The van der Waals surface area contributed by atoms with Crippen molar-refractivity contribution in [1.82, 2.24) is 9.97 Å². The minimum Gasteiger partial charge on any atom is -0.383 e. The lowest BCUT2D eigenvalue weighted by Crippen LogP contribution is -2.30. The Labute approximate surface area is 128 Å². The molecule has 110 valence electrons. The summed E-state index contributed by atoms with van der Waals surface area (Å²) >= 11 is 7.70. The Kier molecular flexibility index (Phi) is 5.18. The van der Waals surface area contributed by atoms with Crippen molar-refractivity contribution >= 4 is 39.0 Å². The predicted octanol–water partition coefficient (Wildman–Crippen LogP) is 3.99. The highest BCUT2D eigenvalue weighted by Crippen LogP contribution is 2.31. The molecule has 1 unspecified atom stereocenters. The molecule has 6 heteroatoms. The molecular formula is C14H20ClN3OS. The number of hydrogen-bond donors (Lipinski definition) is 1. The average Bonchev–Trinajstić information content (AvgIpc) is 2.80. The smallest absolute Gasteiger partial charge is 0.225 e. The molecule has 0 aliphatic carbocycles. The molecule has 1 atom stereocenters. The molecule has 2 aromatic heterocycles. The molecule has 1 N–H and O–H groups in total. The standard InChI is InChI=1S/C14H20ClN3OS/c1-5-9-6-10-12(16-11(7-19-4)8(2)3)17-14(15)18-13(10)20-9/h6,8,11H,5,7H2,1-4H3,(H,16,17,18). The number of thiophene rings is 1. The second-order valence-electron chi connectivity index (χ2n) is 5.08. The van der Waals surface area contributed by atoms with Gasteiger partial charge in [0.2, 0.25) is 5.28 Å². The Morgan fingerprint density at radius 2 is 2.15 bits per heavy atom. The third-order valence-electron chi connectivity index (χ3n) is 3.24. The molecular weight excluding hydrogens is 294 g/mol. The lowest BCUT2D eigenvalue weighted by Gasteiger charge is -2.22. The van der Waals surface area contributed by atoms with Crippen LogP contribution in [-0.4, -0.2) is 29.7 Å². The summed E-state index contributed by atoms with van der Waals surface area (Å²) in [7, 11) is 1.71. The number of methoxy groups -OCH3 is 1. The van der Waals surface area contributed by atoms with Gasteiger partial charge in [0, 0.05) is 12.0 Å². The van der Waals surface area contributed by atoms with Gasteiger partial charge < -0.3 is 10.1 Å². The molecule has 2 heterocycles. The zero-order chi connectivity index (χ0) is 14.7. The van der Waals surface area contributed by atoms with Crippen LogP contribution in [0.5, 0.6) is 0 Å². The third-order valence-corrected chi connectivity index (χ3v) is 4.58. The van der Waals surface area contributed by atoms with E-state index in [0.29, 0.717) is 12.5 Å². The van der Waals surface area contributed by atoms with E-state index in [0.717, 1.165) is 22.5 Å². The van der Waals surface area contributed by atoms with Crippen molar-refractivity contribution in [1.29, 1.82) is 0 Å². The van der Waals surface area contributed by atoms with E-state index in [4.69, 9.17) is 16.3 Å². The summed E-state index contributed by atoms with van der Waals surface area (Å²) in [5, 5.41) is 4.77. The van der Waals surface area contributed by atoms with E-state index in [9.17, 15) is 0 Å². The summed E-state index contributed by atoms with van der Waals surface area (Å²) in [4.78, 5) is 10.9. The SMILES string of the molecule is CCc1cc2c(NC(COC)C(C)C)nc(Cl)nc2s1. The van der Waals surface area contributed by atoms with Crippen molar-refractivity contribution in [3.8, 4) is 0 Å². The van der Waals surface area contributed by atoms with Crippen molar-refractivity contribution < 1.29 is 4.74 Å². The van der Waals surface area contributed by atoms with E-state index in [1.165, 1.54) is 4.88 Å². The van der Waals surface area contributed by atoms with Crippen LogP contribution in [0.25, 0.3) is 10.2 Å². The molecule has 0 aliphatic rings. The van der Waals surface area contributed by atoms with Gasteiger partial charge in [-0.2, -0.15) is 0 Å². The van der Waals surface area contributed by atoms with Crippen molar-refractivity contribution in [2.45, 2.75) is 33.2 Å². The molecule has 0 spiro atoms. The maximum atomic E-state index is 6.03. The van der Waals surface area contributed by atoms with Crippen LogP contribution in [-0.2, 0) is 11.2 Å². The molecule has 0 saturated carbocycles. The van der Waals surface area contributed by atoms with Crippen LogP contribution in [0.4, 0.5) is 5.82 Å². The average molecular weight is 314 g/mol. The van der Waals surface area contributed by atoms with Crippen LogP contribution in [0.3, 0.4) is 0 Å². The van der Waals surface area contributed by atoms with Crippen molar-refractivity contribution in [3.63, 3.8) is 0 Å². The molecule has 0 saturated heterocycles. The Balaban J connectivity index is 2.39. The van der Waals surface area contributed by atoms with Gasteiger partial charge in [-0.05, 0) is 30.0 Å². The predicted molar refractivity (Wildman–Crippen MR) is 85.9 cm³/mol. The number of anilines is 1. The van der Waals surface area contributed by atoms with E-state index >= 15 is 0 Å². The van der Waals surface area contributed by atoms with Gasteiger partial charge in [-0.15, -0.1) is 11.3 Å². The van der Waals surface area contributed by atoms with Gasteiger partial charge in [0.1, 0.15) is 10.6 Å². The van der Waals surface area contributed by atoms with Crippen molar-refractivity contribution in [2.24, 2.45) is 5.92 Å². The van der Waals surface area contributed by atoms with Gasteiger partial charge in [-0.1, -0.05) is 20.8 Å². The second-order valence-corrected chi connectivity index (χ2v) is 6.53. The Bertz CT molecular complexity index is 585. The molecule has 0 aromatic carbocycles. The number of halogens is 1. The zero-order valence-electron chi connectivity index (χ0n) is 12.2. The summed E-state index contributed by atoms with van der Waals surface area (Å²) in [5.41, 5.74) is 0. The number of hydrogen-bond acceptors (Lipinski definition) is 5. The van der Waals surface area contributed by atoms with E-state index in [-0.39, 0.29) is 11.3 Å².